The van der Waals surface area contributed by atoms with Crippen molar-refractivity contribution in [3.05, 3.63) is 22.7 Å². The molecule has 0 saturated heterocycles. The molecular weight excluding hydrogens is 266 g/mol. The Labute approximate surface area is 117 Å². The van der Waals surface area contributed by atoms with Crippen molar-refractivity contribution >= 4 is 11.6 Å². The summed E-state index contributed by atoms with van der Waals surface area (Å²) in [4.78, 5) is 0. The van der Waals surface area contributed by atoms with E-state index in [1.807, 2.05) is 12.1 Å². The average molecular weight is 284 g/mol. The first-order valence-electron chi connectivity index (χ1n) is 6.72. The van der Waals surface area contributed by atoms with Gasteiger partial charge in [-0.1, -0.05) is 11.6 Å². The van der Waals surface area contributed by atoms with Gasteiger partial charge in [-0.2, -0.15) is 0 Å². The minimum atomic E-state index is -0.161. The van der Waals surface area contributed by atoms with Crippen LogP contribution in [0.15, 0.2) is 12.1 Å². The van der Waals surface area contributed by atoms with Crippen LogP contribution in [-0.2, 0) is 6.54 Å². The molecule has 2 N–H and O–H groups in total. The van der Waals surface area contributed by atoms with Crippen molar-refractivity contribution in [3.63, 3.8) is 0 Å². The minimum absolute atomic E-state index is 0.161. The van der Waals surface area contributed by atoms with Crippen LogP contribution < -0.4 is 14.8 Å². The smallest absolute Gasteiger partial charge is 0.231 e. The molecule has 1 aliphatic heterocycles. The quantitative estimate of drug-likeness (QED) is 0.895. The lowest BCUT2D eigenvalue weighted by Gasteiger charge is -2.26. The number of rotatable bonds is 3. The van der Waals surface area contributed by atoms with Crippen molar-refractivity contribution in [2.24, 2.45) is 0 Å². The van der Waals surface area contributed by atoms with E-state index in [0.29, 0.717) is 22.6 Å². The molecule has 1 saturated carbocycles. The second kappa shape index (κ2) is 5.57. The van der Waals surface area contributed by atoms with Crippen molar-refractivity contribution in [1.82, 2.24) is 5.32 Å². The van der Waals surface area contributed by atoms with Gasteiger partial charge in [0.1, 0.15) is 0 Å². The van der Waals surface area contributed by atoms with Crippen LogP contribution in [0.3, 0.4) is 0 Å². The summed E-state index contributed by atoms with van der Waals surface area (Å²) in [5.74, 6) is 1.35. The molecule has 2 unspecified atom stereocenters. The number of aliphatic hydroxyl groups excluding tert-OH is 1. The van der Waals surface area contributed by atoms with E-state index in [1.54, 1.807) is 0 Å². The van der Waals surface area contributed by atoms with Gasteiger partial charge in [-0.3, -0.25) is 0 Å². The number of hydrogen-bond donors (Lipinski definition) is 2. The molecule has 5 heteroatoms. The van der Waals surface area contributed by atoms with Gasteiger partial charge in [-0.05, 0) is 43.4 Å². The van der Waals surface area contributed by atoms with Gasteiger partial charge in [0.05, 0.1) is 11.1 Å². The van der Waals surface area contributed by atoms with Gasteiger partial charge in [0.25, 0.3) is 0 Å². The molecule has 0 spiro atoms. The number of nitrogens with one attached hydrogen (secondary N) is 1. The van der Waals surface area contributed by atoms with E-state index in [2.05, 4.69) is 5.32 Å². The van der Waals surface area contributed by atoms with E-state index in [4.69, 9.17) is 21.1 Å². The lowest BCUT2D eigenvalue weighted by atomic mass is 9.93. The number of benzene rings is 1. The van der Waals surface area contributed by atoms with Crippen molar-refractivity contribution in [3.8, 4) is 11.5 Å². The molecule has 1 aromatic carbocycles. The first-order chi connectivity index (χ1) is 9.22. The van der Waals surface area contributed by atoms with E-state index in [-0.39, 0.29) is 12.9 Å². The number of halogens is 1. The largest absolute Gasteiger partial charge is 0.454 e. The molecule has 1 fully saturated rings. The Kier molecular flexibility index (Phi) is 3.82. The Morgan fingerprint density at radius 1 is 1.32 bits per heavy atom. The zero-order valence-electron chi connectivity index (χ0n) is 10.7. The van der Waals surface area contributed by atoms with Crippen LogP contribution in [0.25, 0.3) is 0 Å². The van der Waals surface area contributed by atoms with E-state index >= 15 is 0 Å². The van der Waals surface area contributed by atoms with Gasteiger partial charge in [0.2, 0.25) is 6.79 Å². The van der Waals surface area contributed by atoms with E-state index in [9.17, 15) is 5.11 Å². The average Bonchev–Trinajstić information content (AvgIpc) is 2.85. The predicted molar refractivity (Wildman–Crippen MR) is 72.7 cm³/mol. The summed E-state index contributed by atoms with van der Waals surface area (Å²) in [7, 11) is 0. The van der Waals surface area contributed by atoms with Gasteiger partial charge in [-0.15, -0.1) is 0 Å². The van der Waals surface area contributed by atoms with E-state index in [1.165, 1.54) is 0 Å². The molecule has 19 heavy (non-hydrogen) atoms. The molecule has 2 atom stereocenters. The Morgan fingerprint density at radius 2 is 2.21 bits per heavy atom. The molecule has 1 heterocycles. The second-order valence-corrected chi connectivity index (χ2v) is 5.62. The Morgan fingerprint density at radius 3 is 3.05 bits per heavy atom. The fourth-order valence-electron chi connectivity index (χ4n) is 2.73. The number of aliphatic hydroxyl groups is 1. The van der Waals surface area contributed by atoms with Crippen LogP contribution in [0.2, 0.25) is 5.02 Å². The maximum Gasteiger partial charge on any atom is 0.231 e. The molecule has 0 aromatic heterocycles. The summed E-state index contributed by atoms with van der Waals surface area (Å²) < 4.78 is 10.6. The third-order valence-electron chi connectivity index (χ3n) is 3.73. The highest BCUT2D eigenvalue weighted by molar-refractivity contribution is 6.32. The first-order valence-corrected chi connectivity index (χ1v) is 7.09. The standard InChI is InChI=1S/C14H18ClNO3/c15-12-4-9(5-13-14(12)19-8-18-13)7-16-10-2-1-3-11(17)6-10/h4-5,10-11,16-17H,1-3,6-8H2. The molecule has 0 radical (unpaired) electrons. The molecule has 0 bridgehead atoms. The van der Waals surface area contributed by atoms with Gasteiger partial charge in [-0.25, -0.2) is 0 Å². The SMILES string of the molecule is OC1CCCC(NCc2cc(Cl)c3c(c2)OCO3)C1. The van der Waals surface area contributed by atoms with Crippen molar-refractivity contribution in [1.29, 1.82) is 0 Å². The highest BCUT2D eigenvalue weighted by Crippen LogP contribution is 2.39. The van der Waals surface area contributed by atoms with Crippen LogP contribution in [0, 0.1) is 0 Å². The minimum Gasteiger partial charge on any atom is -0.454 e. The molecule has 0 amide bonds. The number of fused-ring (bicyclic) bond motifs is 1. The second-order valence-electron chi connectivity index (χ2n) is 5.21. The van der Waals surface area contributed by atoms with E-state index < -0.39 is 0 Å². The molecule has 3 rings (SSSR count). The van der Waals surface area contributed by atoms with Crippen LogP contribution in [0.4, 0.5) is 0 Å². The monoisotopic (exact) mass is 283 g/mol. The molecule has 1 aliphatic carbocycles. The van der Waals surface area contributed by atoms with Gasteiger partial charge in [0, 0.05) is 12.6 Å². The summed E-state index contributed by atoms with van der Waals surface area (Å²) in [6.07, 6.45) is 3.80. The highest BCUT2D eigenvalue weighted by Gasteiger charge is 2.21. The first kappa shape index (κ1) is 13.0. The fraction of sp³-hybridized carbons (Fsp3) is 0.571. The van der Waals surface area contributed by atoms with Crippen LogP contribution in [0.1, 0.15) is 31.2 Å². The van der Waals surface area contributed by atoms with Crippen LogP contribution in [-0.4, -0.2) is 24.0 Å². The zero-order valence-corrected chi connectivity index (χ0v) is 11.4. The third-order valence-corrected chi connectivity index (χ3v) is 4.01. The zero-order chi connectivity index (χ0) is 13.2. The molecule has 4 nitrogen and oxygen atoms in total. The highest BCUT2D eigenvalue weighted by atomic mass is 35.5. The number of hydrogen-bond acceptors (Lipinski definition) is 4. The van der Waals surface area contributed by atoms with Gasteiger partial charge < -0.3 is 19.9 Å². The van der Waals surface area contributed by atoms with Crippen molar-refractivity contribution in [2.45, 2.75) is 44.4 Å². The van der Waals surface area contributed by atoms with Gasteiger partial charge >= 0.3 is 0 Å². The van der Waals surface area contributed by atoms with Gasteiger partial charge in [0.15, 0.2) is 11.5 Å². The lowest BCUT2D eigenvalue weighted by molar-refractivity contribution is 0.111. The summed E-state index contributed by atoms with van der Waals surface area (Å²) in [6, 6.07) is 4.25. The molecule has 2 aliphatic rings. The Hall–Kier alpha value is -0.970. The summed E-state index contributed by atoms with van der Waals surface area (Å²) in [5.41, 5.74) is 1.08. The fourth-order valence-corrected chi connectivity index (χ4v) is 3.02. The normalized spacial score (nSPS) is 25.6. The van der Waals surface area contributed by atoms with E-state index in [0.717, 1.165) is 37.8 Å². The topological polar surface area (TPSA) is 50.7 Å². The maximum absolute atomic E-state index is 9.65. The predicted octanol–water partition coefficient (Wildman–Crippen LogP) is 2.46. The number of ether oxygens (including phenoxy) is 2. The molecular formula is C14H18ClNO3. The third kappa shape index (κ3) is 2.96. The lowest BCUT2D eigenvalue weighted by Crippen LogP contribution is -2.35. The van der Waals surface area contributed by atoms with Crippen molar-refractivity contribution < 1.29 is 14.6 Å². The maximum atomic E-state index is 9.65. The Bertz CT molecular complexity index is 466. The summed E-state index contributed by atoms with van der Waals surface area (Å²) in [6.45, 7) is 0.967. The Balaban J connectivity index is 1.62. The summed E-state index contributed by atoms with van der Waals surface area (Å²) in [5, 5.41) is 13.7. The van der Waals surface area contributed by atoms with Crippen LogP contribution >= 0.6 is 11.6 Å². The molecule has 104 valence electrons. The van der Waals surface area contributed by atoms with Crippen LogP contribution in [0.5, 0.6) is 11.5 Å². The summed E-state index contributed by atoms with van der Waals surface area (Å²) >= 11 is 6.15. The van der Waals surface area contributed by atoms with Crippen molar-refractivity contribution in [2.75, 3.05) is 6.79 Å². The molecule has 1 aromatic rings.